The summed E-state index contributed by atoms with van der Waals surface area (Å²) in [5, 5.41) is 0. The zero-order chi connectivity index (χ0) is 19.1. The molecule has 1 saturated heterocycles. The van der Waals surface area contributed by atoms with Gasteiger partial charge in [-0.3, -0.25) is 14.7 Å². The Labute approximate surface area is 162 Å². The first-order chi connectivity index (χ1) is 13.2. The molecule has 0 unspecified atom stereocenters. The van der Waals surface area contributed by atoms with E-state index in [1.807, 2.05) is 41.3 Å². The van der Waals surface area contributed by atoms with E-state index >= 15 is 0 Å². The lowest BCUT2D eigenvalue weighted by Crippen LogP contribution is -2.46. The van der Waals surface area contributed by atoms with Gasteiger partial charge in [0.05, 0.1) is 13.2 Å². The lowest BCUT2D eigenvalue weighted by atomic mass is 10.1. The molecule has 1 amide bonds. The van der Waals surface area contributed by atoms with Crippen LogP contribution in [0.1, 0.15) is 36.8 Å². The zero-order valence-electron chi connectivity index (χ0n) is 16.3. The van der Waals surface area contributed by atoms with E-state index in [0.717, 1.165) is 36.3 Å². The van der Waals surface area contributed by atoms with Gasteiger partial charge in [0.2, 0.25) is 5.91 Å². The third kappa shape index (κ3) is 5.30. The van der Waals surface area contributed by atoms with Gasteiger partial charge in [-0.25, -0.2) is 0 Å². The van der Waals surface area contributed by atoms with Gasteiger partial charge in [0.15, 0.2) is 0 Å². The average Bonchev–Trinajstić information content (AvgIpc) is 2.92. The molecule has 27 heavy (non-hydrogen) atoms. The number of methoxy groups -OCH3 is 1. The van der Waals surface area contributed by atoms with Crippen molar-refractivity contribution >= 4 is 5.91 Å². The normalized spacial score (nSPS) is 17.9. The van der Waals surface area contributed by atoms with Crippen molar-refractivity contribution in [2.24, 2.45) is 0 Å². The van der Waals surface area contributed by atoms with Gasteiger partial charge in [0, 0.05) is 25.5 Å². The number of aromatic nitrogens is 1. The molecular formula is C22H29N3O2. The average molecular weight is 367 g/mol. The largest absolute Gasteiger partial charge is 0.497 e. The Balaban J connectivity index is 1.80. The monoisotopic (exact) mass is 367 g/mol. The standard InChI is InChI=1S/C22H29N3O2/c1-24-15-5-3-4-6-21(24)22(26)25(17-19-11-13-23-14-12-19)16-18-7-9-20(27-2)10-8-18/h7-14,21H,3-6,15-17H2,1-2H3/t21-/m1/s1. The number of carbonyl (C=O) groups is 1. The highest BCUT2D eigenvalue weighted by molar-refractivity contribution is 5.82. The van der Waals surface area contributed by atoms with Crippen molar-refractivity contribution in [2.45, 2.75) is 44.8 Å². The number of pyridine rings is 1. The number of likely N-dealkylation sites (N-methyl/N-ethyl adjacent to an activating group) is 1. The van der Waals surface area contributed by atoms with E-state index in [4.69, 9.17) is 4.74 Å². The molecule has 3 rings (SSSR count). The van der Waals surface area contributed by atoms with Crippen LogP contribution >= 0.6 is 0 Å². The number of benzene rings is 1. The van der Waals surface area contributed by atoms with Crippen LogP contribution in [0, 0.1) is 0 Å². The van der Waals surface area contributed by atoms with Gasteiger partial charge in [0.25, 0.3) is 0 Å². The smallest absolute Gasteiger partial charge is 0.240 e. The minimum Gasteiger partial charge on any atom is -0.497 e. The van der Waals surface area contributed by atoms with Gasteiger partial charge in [-0.15, -0.1) is 0 Å². The van der Waals surface area contributed by atoms with Crippen molar-refractivity contribution in [3.63, 3.8) is 0 Å². The summed E-state index contributed by atoms with van der Waals surface area (Å²) in [7, 11) is 3.74. The number of likely N-dealkylation sites (tertiary alicyclic amines) is 1. The van der Waals surface area contributed by atoms with Crippen LogP contribution in [0.5, 0.6) is 5.75 Å². The van der Waals surface area contributed by atoms with Gasteiger partial charge in [-0.2, -0.15) is 0 Å². The Morgan fingerprint density at radius 3 is 2.41 bits per heavy atom. The van der Waals surface area contributed by atoms with Crippen molar-refractivity contribution in [1.82, 2.24) is 14.8 Å². The zero-order valence-corrected chi connectivity index (χ0v) is 16.3. The summed E-state index contributed by atoms with van der Waals surface area (Å²) in [5.74, 6) is 1.04. The van der Waals surface area contributed by atoms with E-state index in [1.165, 1.54) is 12.8 Å². The predicted molar refractivity (Wildman–Crippen MR) is 106 cm³/mol. The molecule has 1 fully saturated rings. The number of carbonyl (C=O) groups excluding carboxylic acids is 1. The van der Waals surface area contributed by atoms with Crippen LogP contribution in [-0.2, 0) is 17.9 Å². The minimum absolute atomic E-state index is 0.0346. The molecule has 0 radical (unpaired) electrons. The highest BCUT2D eigenvalue weighted by Crippen LogP contribution is 2.21. The van der Waals surface area contributed by atoms with Crippen molar-refractivity contribution in [3.8, 4) is 5.75 Å². The molecule has 1 aliphatic rings. The molecule has 0 saturated carbocycles. The molecular weight excluding hydrogens is 338 g/mol. The van der Waals surface area contributed by atoms with Gasteiger partial charge < -0.3 is 9.64 Å². The third-order valence-electron chi connectivity index (χ3n) is 5.27. The summed E-state index contributed by atoms with van der Waals surface area (Å²) in [6, 6.07) is 11.9. The molecule has 1 atom stereocenters. The summed E-state index contributed by atoms with van der Waals surface area (Å²) < 4.78 is 5.25. The van der Waals surface area contributed by atoms with Gasteiger partial charge in [0.1, 0.15) is 5.75 Å². The summed E-state index contributed by atoms with van der Waals surface area (Å²) in [5.41, 5.74) is 2.21. The fourth-order valence-corrected chi connectivity index (χ4v) is 3.65. The van der Waals surface area contributed by atoms with Gasteiger partial charge in [-0.05, 0) is 61.8 Å². The Bertz CT molecular complexity index is 718. The maximum atomic E-state index is 13.4. The molecule has 144 valence electrons. The Morgan fingerprint density at radius 1 is 1.07 bits per heavy atom. The summed E-state index contributed by atoms with van der Waals surface area (Å²) in [4.78, 5) is 21.7. The first kappa shape index (κ1) is 19.4. The summed E-state index contributed by atoms with van der Waals surface area (Å²) in [6.45, 7) is 2.18. The quantitative estimate of drug-likeness (QED) is 0.784. The Morgan fingerprint density at radius 2 is 1.74 bits per heavy atom. The molecule has 5 nitrogen and oxygen atoms in total. The van der Waals surface area contributed by atoms with Crippen LogP contribution in [0.3, 0.4) is 0 Å². The van der Waals surface area contributed by atoms with Crippen molar-refractivity contribution < 1.29 is 9.53 Å². The second-order valence-electron chi connectivity index (χ2n) is 7.24. The van der Waals surface area contributed by atoms with Gasteiger partial charge >= 0.3 is 0 Å². The molecule has 1 aromatic heterocycles. The van der Waals surface area contributed by atoms with E-state index in [1.54, 1.807) is 19.5 Å². The highest BCUT2D eigenvalue weighted by atomic mass is 16.5. The molecule has 0 bridgehead atoms. The number of hydrogen-bond acceptors (Lipinski definition) is 4. The number of nitrogens with zero attached hydrogens (tertiary/aromatic N) is 3. The van der Waals surface area contributed by atoms with Crippen molar-refractivity contribution in [2.75, 3.05) is 20.7 Å². The molecule has 5 heteroatoms. The molecule has 1 aromatic carbocycles. The fraction of sp³-hybridized carbons (Fsp3) is 0.455. The van der Waals surface area contributed by atoms with Crippen LogP contribution in [0.2, 0.25) is 0 Å². The molecule has 2 aromatic rings. The topological polar surface area (TPSA) is 45.7 Å². The van der Waals surface area contributed by atoms with E-state index in [-0.39, 0.29) is 11.9 Å². The molecule has 0 spiro atoms. The maximum Gasteiger partial charge on any atom is 0.240 e. The van der Waals surface area contributed by atoms with Crippen molar-refractivity contribution in [3.05, 3.63) is 59.9 Å². The van der Waals surface area contributed by atoms with Crippen LogP contribution in [-0.4, -0.2) is 47.4 Å². The van der Waals surface area contributed by atoms with Crippen molar-refractivity contribution in [1.29, 1.82) is 0 Å². The SMILES string of the molecule is COc1ccc(CN(Cc2ccncc2)C(=O)[C@H]2CCCCCN2C)cc1. The number of ether oxygens (including phenoxy) is 1. The molecule has 0 N–H and O–H groups in total. The van der Waals surface area contributed by atoms with E-state index in [0.29, 0.717) is 13.1 Å². The maximum absolute atomic E-state index is 13.4. The molecule has 1 aliphatic heterocycles. The fourth-order valence-electron chi connectivity index (χ4n) is 3.65. The van der Waals surface area contributed by atoms with Gasteiger partial charge in [-0.1, -0.05) is 25.0 Å². The first-order valence-corrected chi connectivity index (χ1v) is 9.68. The number of hydrogen-bond donors (Lipinski definition) is 0. The minimum atomic E-state index is -0.0346. The second-order valence-corrected chi connectivity index (χ2v) is 7.24. The van der Waals surface area contributed by atoms with Crippen LogP contribution in [0.4, 0.5) is 0 Å². The van der Waals surface area contributed by atoms with Crippen LogP contribution < -0.4 is 4.74 Å². The number of amides is 1. The van der Waals surface area contributed by atoms with Crippen LogP contribution in [0.25, 0.3) is 0 Å². The molecule has 0 aliphatic carbocycles. The number of rotatable bonds is 6. The predicted octanol–water partition coefficient (Wildman–Crippen LogP) is 3.49. The summed E-state index contributed by atoms with van der Waals surface area (Å²) >= 11 is 0. The lowest BCUT2D eigenvalue weighted by molar-refractivity contribution is -0.138. The van der Waals surface area contributed by atoms with E-state index in [2.05, 4.69) is 16.9 Å². The summed E-state index contributed by atoms with van der Waals surface area (Å²) in [6.07, 6.45) is 7.99. The van der Waals surface area contributed by atoms with E-state index in [9.17, 15) is 4.79 Å². The lowest BCUT2D eigenvalue weighted by Gasteiger charge is -2.31. The van der Waals surface area contributed by atoms with Crippen LogP contribution in [0.15, 0.2) is 48.8 Å². The second kappa shape index (κ2) is 9.51. The third-order valence-corrected chi connectivity index (χ3v) is 5.27. The van der Waals surface area contributed by atoms with E-state index < -0.39 is 0 Å². The molecule has 2 heterocycles. The first-order valence-electron chi connectivity index (χ1n) is 9.68. The Kier molecular flexibility index (Phi) is 6.82. The highest BCUT2D eigenvalue weighted by Gasteiger charge is 2.29. The Hall–Kier alpha value is -2.40.